The van der Waals surface area contributed by atoms with Crippen LogP contribution in [-0.4, -0.2) is 19.7 Å². The van der Waals surface area contributed by atoms with Crippen LogP contribution in [0.15, 0.2) is 28.0 Å². The van der Waals surface area contributed by atoms with E-state index in [4.69, 9.17) is 0 Å². The second-order valence-corrected chi connectivity index (χ2v) is 8.31. The summed E-state index contributed by atoms with van der Waals surface area (Å²) in [7, 11) is -3.43. The number of aryl methyl sites for hydroxylation is 1. The molecular formula is C13H19NO2S2. The Hall–Kier alpha value is -0.520. The predicted octanol–water partition coefficient (Wildman–Crippen LogP) is 2.80. The molecule has 0 unspecified atom stereocenters. The minimum Gasteiger partial charge on any atom is -0.207 e. The zero-order valence-electron chi connectivity index (χ0n) is 11.0. The Morgan fingerprint density at radius 1 is 1.28 bits per heavy atom. The van der Waals surface area contributed by atoms with Crippen LogP contribution in [0.3, 0.4) is 0 Å². The molecule has 100 valence electrons. The Labute approximate surface area is 113 Å². The Kier molecular flexibility index (Phi) is 3.76. The zero-order valence-corrected chi connectivity index (χ0v) is 12.6. The molecule has 0 atom stereocenters. The van der Waals surface area contributed by atoms with Crippen LogP contribution in [0.1, 0.15) is 32.8 Å². The van der Waals surface area contributed by atoms with Gasteiger partial charge in [-0.3, -0.25) is 0 Å². The minimum atomic E-state index is -3.43. The summed E-state index contributed by atoms with van der Waals surface area (Å²) in [6, 6.07) is 5.56. The van der Waals surface area contributed by atoms with E-state index in [1.807, 2.05) is 32.9 Å². The van der Waals surface area contributed by atoms with Crippen molar-refractivity contribution in [2.24, 2.45) is 0 Å². The number of hydrogen-bond donors (Lipinski definition) is 1. The molecule has 0 saturated carbocycles. The SMILES string of the molecule is CC(C)(C)NS(=O)(=O)c1cccc2c1SCCC2. The number of sulfonamides is 1. The highest BCUT2D eigenvalue weighted by Crippen LogP contribution is 2.35. The van der Waals surface area contributed by atoms with Crippen molar-refractivity contribution >= 4 is 21.8 Å². The van der Waals surface area contributed by atoms with Crippen LogP contribution in [0.2, 0.25) is 0 Å². The van der Waals surface area contributed by atoms with Gasteiger partial charge in [-0.25, -0.2) is 13.1 Å². The molecule has 0 amide bonds. The van der Waals surface area contributed by atoms with Gasteiger partial charge in [-0.2, -0.15) is 0 Å². The number of fused-ring (bicyclic) bond motifs is 1. The molecule has 0 radical (unpaired) electrons. The molecule has 1 aromatic carbocycles. The van der Waals surface area contributed by atoms with E-state index in [1.165, 1.54) is 0 Å². The van der Waals surface area contributed by atoms with Gasteiger partial charge >= 0.3 is 0 Å². The smallest absolute Gasteiger partial charge is 0.207 e. The number of nitrogens with one attached hydrogen (secondary N) is 1. The Morgan fingerprint density at radius 3 is 2.67 bits per heavy atom. The van der Waals surface area contributed by atoms with Crippen molar-refractivity contribution in [1.82, 2.24) is 4.72 Å². The fourth-order valence-corrected chi connectivity index (χ4v) is 5.14. The molecule has 18 heavy (non-hydrogen) atoms. The van der Waals surface area contributed by atoms with Crippen LogP contribution in [0.4, 0.5) is 0 Å². The van der Waals surface area contributed by atoms with Gasteiger partial charge in [0.2, 0.25) is 10.0 Å². The lowest BCUT2D eigenvalue weighted by molar-refractivity contribution is 0.490. The Morgan fingerprint density at radius 2 is 2.00 bits per heavy atom. The van der Waals surface area contributed by atoms with Crippen molar-refractivity contribution < 1.29 is 8.42 Å². The minimum absolute atomic E-state index is 0.430. The zero-order chi connectivity index (χ0) is 13.4. The molecule has 0 bridgehead atoms. The first-order valence-electron chi connectivity index (χ1n) is 6.08. The van der Waals surface area contributed by atoms with Crippen LogP contribution in [0.25, 0.3) is 0 Å². The fourth-order valence-electron chi connectivity index (χ4n) is 2.03. The van der Waals surface area contributed by atoms with Gasteiger partial charge in [0.05, 0.1) is 4.90 Å². The van der Waals surface area contributed by atoms with Crippen molar-refractivity contribution in [3.8, 4) is 0 Å². The van der Waals surface area contributed by atoms with Gasteiger partial charge in [-0.1, -0.05) is 12.1 Å². The van der Waals surface area contributed by atoms with Crippen LogP contribution >= 0.6 is 11.8 Å². The van der Waals surface area contributed by atoms with Gasteiger partial charge in [0.25, 0.3) is 0 Å². The van der Waals surface area contributed by atoms with Crippen LogP contribution in [-0.2, 0) is 16.4 Å². The number of thioether (sulfide) groups is 1. The van der Waals surface area contributed by atoms with Gasteiger partial charge in [0.1, 0.15) is 0 Å². The highest BCUT2D eigenvalue weighted by molar-refractivity contribution is 8.00. The summed E-state index contributed by atoms with van der Waals surface area (Å²) < 4.78 is 27.5. The normalized spacial score (nSPS) is 16.4. The maximum absolute atomic E-state index is 12.4. The quantitative estimate of drug-likeness (QED) is 0.909. The van der Waals surface area contributed by atoms with Crippen LogP contribution in [0, 0.1) is 0 Å². The van der Waals surface area contributed by atoms with Crippen molar-refractivity contribution in [2.75, 3.05) is 5.75 Å². The molecule has 2 rings (SSSR count). The fraction of sp³-hybridized carbons (Fsp3) is 0.538. The molecule has 1 aromatic rings. The third-order valence-corrected chi connectivity index (χ3v) is 5.82. The summed E-state index contributed by atoms with van der Waals surface area (Å²) in [6.07, 6.45) is 2.09. The van der Waals surface area contributed by atoms with E-state index in [0.717, 1.165) is 29.1 Å². The molecule has 0 aromatic heterocycles. The van der Waals surface area contributed by atoms with Crippen molar-refractivity contribution in [3.63, 3.8) is 0 Å². The van der Waals surface area contributed by atoms with E-state index >= 15 is 0 Å². The lowest BCUT2D eigenvalue weighted by Gasteiger charge is -2.23. The summed E-state index contributed by atoms with van der Waals surface area (Å²) in [5, 5.41) is 0. The topological polar surface area (TPSA) is 46.2 Å². The lowest BCUT2D eigenvalue weighted by atomic mass is 10.1. The summed E-state index contributed by atoms with van der Waals surface area (Å²) in [5.74, 6) is 0.995. The first-order chi connectivity index (χ1) is 8.30. The molecule has 1 N–H and O–H groups in total. The first kappa shape index (κ1) is 13.9. The summed E-state index contributed by atoms with van der Waals surface area (Å²) in [4.78, 5) is 1.36. The van der Waals surface area contributed by atoms with Crippen molar-refractivity contribution in [3.05, 3.63) is 23.8 Å². The molecule has 0 fully saturated rings. The largest absolute Gasteiger partial charge is 0.242 e. The van der Waals surface area contributed by atoms with Gasteiger partial charge in [0, 0.05) is 10.4 Å². The molecule has 5 heteroatoms. The van der Waals surface area contributed by atoms with Crippen molar-refractivity contribution in [2.45, 2.75) is 48.9 Å². The first-order valence-corrected chi connectivity index (χ1v) is 8.55. The van der Waals surface area contributed by atoms with Gasteiger partial charge < -0.3 is 0 Å². The predicted molar refractivity (Wildman–Crippen MR) is 75.6 cm³/mol. The average Bonchev–Trinajstić information content (AvgIpc) is 2.25. The molecule has 1 aliphatic rings. The van der Waals surface area contributed by atoms with E-state index in [1.54, 1.807) is 17.8 Å². The maximum atomic E-state index is 12.4. The number of hydrogen-bond acceptors (Lipinski definition) is 3. The molecule has 0 spiro atoms. The van der Waals surface area contributed by atoms with E-state index in [9.17, 15) is 8.42 Å². The van der Waals surface area contributed by atoms with Crippen LogP contribution in [0.5, 0.6) is 0 Å². The molecule has 1 aliphatic heterocycles. The van der Waals surface area contributed by atoms with E-state index in [2.05, 4.69) is 4.72 Å². The monoisotopic (exact) mass is 285 g/mol. The molecule has 0 saturated heterocycles. The van der Waals surface area contributed by atoms with E-state index in [-0.39, 0.29) is 0 Å². The van der Waals surface area contributed by atoms with E-state index < -0.39 is 15.6 Å². The van der Waals surface area contributed by atoms with Crippen molar-refractivity contribution in [1.29, 1.82) is 0 Å². The Balaban J connectivity index is 2.45. The van der Waals surface area contributed by atoms with Gasteiger partial charge in [0.15, 0.2) is 0 Å². The average molecular weight is 285 g/mol. The second-order valence-electron chi connectivity index (χ2n) is 5.55. The van der Waals surface area contributed by atoms with Gasteiger partial charge in [-0.15, -0.1) is 11.8 Å². The molecule has 1 heterocycles. The highest BCUT2D eigenvalue weighted by atomic mass is 32.2. The molecule has 0 aliphatic carbocycles. The lowest BCUT2D eigenvalue weighted by Crippen LogP contribution is -2.40. The maximum Gasteiger partial charge on any atom is 0.242 e. The Bertz CT molecular complexity index is 545. The summed E-state index contributed by atoms with van der Waals surface area (Å²) in [5.41, 5.74) is 0.698. The molecular weight excluding hydrogens is 266 g/mol. The summed E-state index contributed by atoms with van der Waals surface area (Å²) in [6.45, 7) is 5.56. The van der Waals surface area contributed by atoms with Crippen LogP contribution < -0.4 is 4.72 Å². The standard InChI is InChI=1S/C13H19NO2S2/c1-13(2,3)14-18(15,16)11-8-4-6-10-7-5-9-17-12(10)11/h4,6,8,14H,5,7,9H2,1-3H3. The number of rotatable bonds is 2. The number of benzene rings is 1. The second kappa shape index (κ2) is 4.87. The highest BCUT2D eigenvalue weighted by Gasteiger charge is 2.26. The van der Waals surface area contributed by atoms with Gasteiger partial charge in [-0.05, 0) is 51.0 Å². The summed E-state index contributed by atoms with van der Waals surface area (Å²) >= 11 is 1.65. The molecule has 3 nitrogen and oxygen atoms in total. The van der Waals surface area contributed by atoms with E-state index in [0.29, 0.717) is 4.90 Å². The third kappa shape index (κ3) is 3.08. The third-order valence-electron chi connectivity index (χ3n) is 2.63.